The molecule has 1 heterocycles. The minimum Gasteiger partial charge on any atom is -0.481 e. The number of carbonyl (C=O) groups excluding carboxylic acids is 2. The minimum absolute atomic E-state index is 0.247. The number of nitrogens with one attached hydrogen (secondary N) is 1. The number of aliphatic carboxylic acids is 1. The number of esters is 1. The lowest BCUT2D eigenvalue weighted by molar-refractivity contribution is -0.146. The van der Waals surface area contributed by atoms with Crippen LogP contribution in [0.3, 0.4) is 0 Å². The molecule has 1 aromatic heterocycles. The van der Waals surface area contributed by atoms with E-state index in [1.54, 1.807) is 24.4 Å². The van der Waals surface area contributed by atoms with Crippen molar-refractivity contribution in [2.24, 2.45) is 11.8 Å². The number of carbonyl (C=O) groups is 3. The lowest BCUT2D eigenvalue weighted by atomic mass is 9.82. The number of anilines is 1. The van der Waals surface area contributed by atoms with Gasteiger partial charge in [0.15, 0.2) is 0 Å². The van der Waals surface area contributed by atoms with Gasteiger partial charge in [0, 0.05) is 0 Å². The van der Waals surface area contributed by atoms with Crippen LogP contribution < -0.4 is 5.32 Å². The summed E-state index contributed by atoms with van der Waals surface area (Å²) in [6.07, 6.45) is 4.30. The fraction of sp³-hybridized carbons (Fsp3) is 0.400. The molecule has 1 aliphatic rings. The fourth-order valence-electron chi connectivity index (χ4n) is 2.36. The standard InChI is InChI=1S/C15H17NO5S/c1-2-21-15(20)11-7-8-22-13(11)16-12(17)9-5-3-4-6-10(9)14(18)19/h3-4,7-10H,2,5-6H2,1H3,(H,16,17)(H,18,19)/t9-,10+/m1/s1. The largest absolute Gasteiger partial charge is 0.481 e. The first-order valence-corrected chi connectivity index (χ1v) is 7.85. The molecular formula is C15H17NO5S. The molecule has 0 bridgehead atoms. The Hall–Kier alpha value is -2.15. The normalized spacial score (nSPS) is 20.4. The van der Waals surface area contributed by atoms with Crippen molar-refractivity contribution in [3.8, 4) is 0 Å². The molecule has 0 saturated carbocycles. The Morgan fingerprint density at radius 2 is 2.00 bits per heavy atom. The summed E-state index contributed by atoms with van der Waals surface area (Å²) in [6.45, 7) is 1.95. The summed E-state index contributed by atoms with van der Waals surface area (Å²) in [4.78, 5) is 35.4. The smallest absolute Gasteiger partial charge is 0.341 e. The van der Waals surface area contributed by atoms with Crippen LogP contribution in [0.25, 0.3) is 0 Å². The van der Waals surface area contributed by atoms with Crippen molar-refractivity contribution in [3.63, 3.8) is 0 Å². The molecule has 0 spiro atoms. The van der Waals surface area contributed by atoms with Crippen molar-refractivity contribution >= 4 is 34.2 Å². The number of rotatable bonds is 5. The van der Waals surface area contributed by atoms with E-state index in [0.717, 1.165) is 0 Å². The second-order valence-electron chi connectivity index (χ2n) is 4.87. The Balaban J connectivity index is 2.12. The maximum Gasteiger partial charge on any atom is 0.341 e. The number of hydrogen-bond donors (Lipinski definition) is 2. The fourth-order valence-corrected chi connectivity index (χ4v) is 3.14. The highest BCUT2D eigenvalue weighted by atomic mass is 32.1. The van der Waals surface area contributed by atoms with Crippen molar-refractivity contribution in [2.45, 2.75) is 19.8 Å². The van der Waals surface area contributed by atoms with Gasteiger partial charge in [-0.05, 0) is 31.2 Å². The Kier molecular flexibility index (Phi) is 5.32. The van der Waals surface area contributed by atoms with Crippen LogP contribution in [0.4, 0.5) is 5.00 Å². The molecule has 118 valence electrons. The Labute approximate surface area is 131 Å². The van der Waals surface area contributed by atoms with Gasteiger partial charge in [0.05, 0.1) is 24.0 Å². The number of carboxylic acids is 1. The molecule has 22 heavy (non-hydrogen) atoms. The molecule has 0 aromatic carbocycles. The molecular weight excluding hydrogens is 306 g/mol. The third-order valence-corrected chi connectivity index (χ3v) is 4.31. The number of amides is 1. The van der Waals surface area contributed by atoms with Gasteiger partial charge in [0.2, 0.25) is 5.91 Å². The summed E-state index contributed by atoms with van der Waals surface area (Å²) in [6, 6.07) is 1.58. The van der Waals surface area contributed by atoms with Gasteiger partial charge in [0.1, 0.15) is 5.00 Å². The summed E-state index contributed by atoms with van der Waals surface area (Å²) in [5, 5.41) is 13.9. The molecule has 1 aromatic rings. The summed E-state index contributed by atoms with van der Waals surface area (Å²) in [5.74, 6) is -3.25. The van der Waals surface area contributed by atoms with Crippen molar-refractivity contribution in [2.75, 3.05) is 11.9 Å². The molecule has 0 radical (unpaired) electrons. The number of carboxylic acid groups (broad SMARTS) is 1. The molecule has 6 nitrogen and oxygen atoms in total. The number of hydrogen-bond acceptors (Lipinski definition) is 5. The van der Waals surface area contributed by atoms with Gasteiger partial charge in [-0.2, -0.15) is 0 Å². The Morgan fingerprint density at radius 1 is 1.32 bits per heavy atom. The van der Waals surface area contributed by atoms with Crippen LogP contribution in [0.5, 0.6) is 0 Å². The van der Waals surface area contributed by atoms with Crippen molar-refractivity contribution < 1.29 is 24.2 Å². The quantitative estimate of drug-likeness (QED) is 0.641. The maximum absolute atomic E-state index is 12.4. The second kappa shape index (κ2) is 7.22. The van der Waals surface area contributed by atoms with Gasteiger partial charge in [-0.1, -0.05) is 12.2 Å². The maximum atomic E-state index is 12.4. The van der Waals surface area contributed by atoms with Gasteiger partial charge in [-0.3, -0.25) is 9.59 Å². The van der Waals surface area contributed by atoms with E-state index in [4.69, 9.17) is 4.74 Å². The number of thiophene rings is 1. The molecule has 0 saturated heterocycles. The van der Waals surface area contributed by atoms with Crippen LogP contribution >= 0.6 is 11.3 Å². The van der Waals surface area contributed by atoms with Crippen LogP contribution in [0, 0.1) is 11.8 Å². The summed E-state index contributed by atoms with van der Waals surface area (Å²) < 4.78 is 4.92. The van der Waals surface area contributed by atoms with Crippen molar-refractivity contribution in [1.29, 1.82) is 0 Å². The number of ether oxygens (including phenoxy) is 1. The lowest BCUT2D eigenvalue weighted by Gasteiger charge is -2.24. The summed E-state index contributed by atoms with van der Waals surface area (Å²) in [5.41, 5.74) is 0.290. The number of allylic oxidation sites excluding steroid dienone is 2. The topological polar surface area (TPSA) is 92.7 Å². The minimum atomic E-state index is -0.985. The van der Waals surface area contributed by atoms with Crippen LogP contribution in [-0.2, 0) is 14.3 Å². The third-order valence-electron chi connectivity index (χ3n) is 3.48. The molecule has 2 atom stereocenters. The van der Waals surface area contributed by atoms with Gasteiger partial charge in [-0.15, -0.1) is 11.3 Å². The van der Waals surface area contributed by atoms with Crippen LogP contribution in [0.15, 0.2) is 23.6 Å². The molecule has 0 aliphatic heterocycles. The van der Waals surface area contributed by atoms with Crippen molar-refractivity contribution in [3.05, 3.63) is 29.2 Å². The zero-order chi connectivity index (χ0) is 16.1. The van der Waals surface area contributed by atoms with E-state index in [0.29, 0.717) is 23.4 Å². The predicted octanol–water partition coefficient (Wildman–Crippen LogP) is 2.53. The average Bonchev–Trinajstić information content (AvgIpc) is 2.95. The van der Waals surface area contributed by atoms with E-state index >= 15 is 0 Å². The van der Waals surface area contributed by atoms with Crippen molar-refractivity contribution in [1.82, 2.24) is 0 Å². The highest BCUT2D eigenvalue weighted by Crippen LogP contribution is 2.30. The molecule has 2 N–H and O–H groups in total. The summed E-state index contributed by atoms with van der Waals surface area (Å²) in [7, 11) is 0. The monoisotopic (exact) mass is 323 g/mol. The third kappa shape index (κ3) is 3.54. The lowest BCUT2D eigenvalue weighted by Crippen LogP contribution is -2.34. The van der Waals surface area contributed by atoms with Gasteiger partial charge < -0.3 is 15.2 Å². The van der Waals surface area contributed by atoms with Crippen LogP contribution in [-0.4, -0.2) is 29.6 Å². The van der Waals surface area contributed by atoms with E-state index in [2.05, 4.69) is 5.32 Å². The molecule has 2 rings (SSSR count). The van der Waals surface area contributed by atoms with E-state index in [1.165, 1.54) is 11.3 Å². The molecule has 1 aliphatic carbocycles. The van der Waals surface area contributed by atoms with E-state index in [1.807, 2.05) is 6.08 Å². The van der Waals surface area contributed by atoms with Gasteiger partial charge >= 0.3 is 11.9 Å². The molecule has 0 fully saturated rings. The predicted molar refractivity (Wildman–Crippen MR) is 81.9 cm³/mol. The van der Waals surface area contributed by atoms with Gasteiger partial charge in [0.25, 0.3) is 0 Å². The Morgan fingerprint density at radius 3 is 2.64 bits per heavy atom. The summed E-state index contributed by atoms with van der Waals surface area (Å²) >= 11 is 1.21. The van der Waals surface area contributed by atoms with Crippen LogP contribution in [0.1, 0.15) is 30.1 Å². The SMILES string of the molecule is CCOC(=O)c1ccsc1NC(=O)[C@@H]1CC=CC[C@@H]1C(=O)O. The van der Waals surface area contributed by atoms with E-state index < -0.39 is 23.8 Å². The highest BCUT2D eigenvalue weighted by molar-refractivity contribution is 7.14. The first-order chi connectivity index (χ1) is 10.5. The van der Waals surface area contributed by atoms with Gasteiger partial charge in [-0.25, -0.2) is 4.79 Å². The molecule has 0 unspecified atom stereocenters. The zero-order valence-corrected chi connectivity index (χ0v) is 12.9. The molecule has 7 heteroatoms. The zero-order valence-electron chi connectivity index (χ0n) is 12.1. The Bertz CT molecular complexity index is 607. The average molecular weight is 323 g/mol. The van der Waals surface area contributed by atoms with E-state index in [9.17, 15) is 19.5 Å². The molecule has 1 amide bonds. The second-order valence-corrected chi connectivity index (χ2v) is 5.78. The first kappa shape index (κ1) is 16.2. The first-order valence-electron chi connectivity index (χ1n) is 6.97. The van der Waals surface area contributed by atoms with Crippen LogP contribution in [0.2, 0.25) is 0 Å². The highest BCUT2D eigenvalue weighted by Gasteiger charge is 2.34. The van der Waals surface area contributed by atoms with E-state index in [-0.39, 0.29) is 12.5 Å².